The Balaban J connectivity index is 2.57. The van der Waals surface area contributed by atoms with E-state index in [1.807, 2.05) is 0 Å². The summed E-state index contributed by atoms with van der Waals surface area (Å²) in [6, 6.07) is 3.66. The summed E-state index contributed by atoms with van der Waals surface area (Å²) >= 11 is 4.25. The van der Waals surface area contributed by atoms with Crippen LogP contribution in [0.5, 0.6) is 0 Å². The van der Waals surface area contributed by atoms with Gasteiger partial charge in [0.15, 0.2) is 5.16 Å². The van der Waals surface area contributed by atoms with Crippen molar-refractivity contribution >= 4 is 27.7 Å². The first kappa shape index (κ1) is 17.0. The molecule has 0 fully saturated rings. The van der Waals surface area contributed by atoms with Crippen molar-refractivity contribution in [2.24, 2.45) is 0 Å². The molecule has 0 spiro atoms. The molecule has 0 saturated heterocycles. The third-order valence-corrected chi connectivity index (χ3v) is 3.69. The van der Waals surface area contributed by atoms with Crippen molar-refractivity contribution in [3.05, 3.63) is 40.4 Å². The predicted molar refractivity (Wildman–Crippen MR) is 82.3 cm³/mol. The molecule has 2 heterocycles. The minimum Gasteiger partial charge on any atom is -0.314 e. The zero-order valence-electron chi connectivity index (χ0n) is 11.4. The van der Waals surface area contributed by atoms with Gasteiger partial charge in [0.2, 0.25) is 0 Å². The van der Waals surface area contributed by atoms with Gasteiger partial charge in [0, 0.05) is 29.7 Å². The largest absolute Gasteiger partial charge is 0.433 e. The average molecular weight is 394 g/mol. The second-order valence-electron chi connectivity index (χ2n) is 4.26. The molecule has 0 aromatic carbocycles. The lowest BCUT2D eigenvalue weighted by molar-refractivity contribution is -0.141. The summed E-state index contributed by atoms with van der Waals surface area (Å²) in [6.07, 6.45) is -1.45. The highest BCUT2D eigenvalue weighted by atomic mass is 79.9. The Hall–Kier alpha value is -1.35. The number of thioether (sulfide) groups is 1. The normalized spacial score (nSPS) is 11.7. The predicted octanol–water partition coefficient (Wildman–Crippen LogP) is 3.44. The van der Waals surface area contributed by atoms with Crippen LogP contribution < -0.4 is 5.56 Å². The number of aryl methyl sites for hydroxylation is 1. The van der Waals surface area contributed by atoms with Gasteiger partial charge < -0.3 is 4.57 Å². The van der Waals surface area contributed by atoms with Gasteiger partial charge in [-0.1, -0.05) is 27.7 Å². The quantitative estimate of drug-likeness (QED) is 0.453. The third-order valence-electron chi connectivity index (χ3n) is 2.78. The molecule has 2 aromatic rings. The minimum absolute atomic E-state index is 0.0306. The number of rotatable bonds is 4. The summed E-state index contributed by atoms with van der Waals surface area (Å²) in [4.78, 5) is 19.2. The Kier molecular flexibility index (Phi) is 5.28. The molecule has 0 aliphatic carbocycles. The third kappa shape index (κ3) is 3.89. The molecule has 22 heavy (non-hydrogen) atoms. The van der Waals surface area contributed by atoms with Crippen molar-refractivity contribution in [3.63, 3.8) is 0 Å². The highest BCUT2D eigenvalue weighted by Gasteiger charge is 2.33. The van der Waals surface area contributed by atoms with Crippen LogP contribution in [0.2, 0.25) is 0 Å². The molecule has 0 unspecified atom stereocenters. The Bertz CT molecular complexity index is 733. The van der Waals surface area contributed by atoms with Gasteiger partial charge in [-0.25, -0.2) is 9.97 Å². The average Bonchev–Trinajstić information content (AvgIpc) is 2.48. The van der Waals surface area contributed by atoms with Crippen LogP contribution in [0.25, 0.3) is 11.3 Å². The molecule has 0 atom stereocenters. The van der Waals surface area contributed by atoms with E-state index in [1.165, 1.54) is 22.9 Å². The summed E-state index contributed by atoms with van der Waals surface area (Å²) in [5.41, 5.74) is -0.655. The van der Waals surface area contributed by atoms with E-state index in [1.54, 1.807) is 6.26 Å². The maximum Gasteiger partial charge on any atom is 0.433 e. The fraction of sp³-hybridized carbons (Fsp3) is 0.308. The van der Waals surface area contributed by atoms with Gasteiger partial charge in [0.05, 0.1) is 5.69 Å². The lowest BCUT2D eigenvalue weighted by Crippen LogP contribution is -2.19. The molecule has 0 bridgehead atoms. The molecule has 0 amide bonds. The number of nitrogens with zero attached hydrogens (tertiary/aromatic N) is 3. The first-order valence-corrected chi connectivity index (χ1v) is 8.47. The van der Waals surface area contributed by atoms with Gasteiger partial charge in [-0.2, -0.15) is 13.2 Å². The molecular formula is C13H11BrF3N3OS. The highest BCUT2D eigenvalue weighted by molar-refractivity contribution is 9.09. The molecule has 0 saturated carbocycles. The topological polar surface area (TPSA) is 47.8 Å². The zero-order valence-corrected chi connectivity index (χ0v) is 13.8. The van der Waals surface area contributed by atoms with Crippen molar-refractivity contribution in [2.45, 2.75) is 17.9 Å². The van der Waals surface area contributed by atoms with Crippen molar-refractivity contribution in [1.82, 2.24) is 14.5 Å². The summed E-state index contributed by atoms with van der Waals surface area (Å²) < 4.78 is 40.1. The van der Waals surface area contributed by atoms with Crippen molar-refractivity contribution in [1.29, 1.82) is 0 Å². The molecule has 0 aliphatic rings. The molecule has 2 aromatic heterocycles. The molecule has 0 N–H and O–H groups in total. The van der Waals surface area contributed by atoms with Crippen LogP contribution in [-0.2, 0) is 12.7 Å². The van der Waals surface area contributed by atoms with Crippen molar-refractivity contribution < 1.29 is 13.2 Å². The Morgan fingerprint density at radius 2 is 2.05 bits per heavy atom. The van der Waals surface area contributed by atoms with E-state index >= 15 is 0 Å². The summed E-state index contributed by atoms with van der Waals surface area (Å²) in [5, 5.41) is 0.590. The molecular weight excluding hydrogens is 383 g/mol. The van der Waals surface area contributed by atoms with E-state index in [0.717, 1.165) is 17.8 Å². The van der Waals surface area contributed by atoms with Gasteiger partial charge in [-0.3, -0.25) is 4.79 Å². The van der Waals surface area contributed by atoms with E-state index < -0.39 is 11.9 Å². The van der Waals surface area contributed by atoms with Crippen molar-refractivity contribution in [3.8, 4) is 11.3 Å². The van der Waals surface area contributed by atoms with E-state index in [9.17, 15) is 18.0 Å². The zero-order chi connectivity index (χ0) is 16.3. The first-order valence-electron chi connectivity index (χ1n) is 6.12. The fourth-order valence-electron chi connectivity index (χ4n) is 1.76. The van der Waals surface area contributed by atoms with E-state index in [2.05, 4.69) is 25.9 Å². The SMILES string of the molecule is CSc1nc(-c2ccc(=O)n(CCBr)c2)cc(C(F)(F)F)n1. The summed E-state index contributed by atoms with van der Waals surface area (Å²) in [5.74, 6) is 0. The van der Waals surface area contributed by atoms with Crippen LogP contribution in [0.3, 0.4) is 0 Å². The van der Waals surface area contributed by atoms with Crippen LogP contribution in [0.15, 0.2) is 34.3 Å². The fourth-order valence-corrected chi connectivity index (χ4v) is 2.52. The smallest absolute Gasteiger partial charge is 0.314 e. The summed E-state index contributed by atoms with van der Waals surface area (Å²) in [7, 11) is 0. The molecule has 0 aliphatic heterocycles. The number of pyridine rings is 1. The first-order chi connectivity index (χ1) is 10.3. The number of aromatic nitrogens is 3. The van der Waals surface area contributed by atoms with Crippen LogP contribution >= 0.6 is 27.7 Å². The van der Waals surface area contributed by atoms with E-state index in [4.69, 9.17) is 0 Å². The standard InChI is InChI=1S/C13H11BrF3N3OS/c1-22-12-18-9(6-10(19-12)13(15,16)17)8-2-3-11(21)20(7-8)5-4-14/h2-3,6-7H,4-5H2,1H3. The molecule has 118 valence electrons. The Labute approximate surface area is 136 Å². The van der Waals surface area contributed by atoms with Crippen LogP contribution in [0, 0.1) is 0 Å². The molecule has 0 radical (unpaired) electrons. The summed E-state index contributed by atoms with van der Waals surface area (Å²) in [6.45, 7) is 0.416. The van der Waals surface area contributed by atoms with Gasteiger partial charge in [-0.05, 0) is 18.4 Å². The van der Waals surface area contributed by atoms with Crippen molar-refractivity contribution in [2.75, 3.05) is 11.6 Å². The number of halogens is 4. The maximum absolute atomic E-state index is 12.9. The maximum atomic E-state index is 12.9. The Morgan fingerprint density at radius 3 is 2.64 bits per heavy atom. The number of hydrogen-bond donors (Lipinski definition) is 0. The minimum atomic E-state index is -4.55. The lowest BCUT2D eigenvalue weighted by atomic mass is 10.2. The second kappa shape index (κ2) is 6.82. The van der Waals surface area contributed by atoms with Crippen LogP contribution in [0.4, 0.5) is 13.2 Å². The molecule has 2 rings (SSSR count). The highest BCUT2D eigenvalue weighted by Crippen LogP contribution is 2.31. The second-order valence-corrected chi connectivity index (χ2v) is 5.83. The van der Waals surface area contributed by atoms with Gasteiger partial charge in [0.1, 0.15) is 5.69 Å². The Morgan fingerprint density at radius 1 is 1.32 bits per heavy atom. The van der Waals surface area contributed by atoms with E-state index in [0.29, 0.717) is 17.4 Å². The number of alkyl halides is 4. The van der Waals surface area contributed by atoms with Gasteiger partial charge >= 0.3 is 6.18 Å². The monoisotopic (exact) mass is 393 g/mol. The van der Waals surface area contributed by atoms with E-state index in [-0.39, 0.29) is 16.4 Å². The van der Waals surface area contributed by atoms with Gasteiger partial charge in [-0.15, -0.1) is 0 Å². The molecule has 4 nitrogen and oxygen atoms in total. The number of hydrogen-bond acceptors (Lipinski definition) is 4. The van der Waals surface area contributed by atoms with Crippen LogP contribution in [0.1, 0.15) is 5.69 Å². The lowest BCUT2D eigenvalue weighted by Gasteiger charge is -2.11. The molecule has 9 heteroatoms. The van der Waals surface area contributed by atoms with Gasteiger partial charge in [0.25, 0.3) is 5.56 Å². The van der Waals surface area contributed by atoms with Crippen LogP contribution in [-0.4, -0.2) is 26.1 Å².